The minimum absolute atomic E-state index is 0.385. The molecule has 1 aromatic heterocycles. The molecule has 0 aliphatic heterocycles. The Kier molecular flexibility index (Phi) is 5.49. The summed E-state index contributed by atoms with van der Waals surface area (Å²) in [6.07, 6.45) is 0.947. The van der Waals surface area contributed by atoms with E-state index in [9.17, 15) is 0 Å². The Bertz CT molecular complexity index is 928. The van der Waals surface area contributed by atoms with Crippen molar-refractivity contribution in [3.8, 4) is 23.3 Å². The molecule has 0 aliphatic carbocycles. The van der Waals surface area contributed by atoms with Gasteiger partial charge in [0, 0.05) is 5.56 Å². The lowest BCUT2D eigenvalue weighted by Crippen LogP contribution is -2.04. The number of nitrogens with zero attached hydrogens (tertiary/aromatic N) is 3. The molecule has 2 aromatic carbocycles. The molecule has 0 radical (unpaired) electrons. The second kappa shape index (κ2) is 8.17. The molecule has 6 heteroatoms. The van der Waals surface area contributed by atoms with Gasteiger partial charge in [0.25, 0.3) is 0 Å². The molecule has 1 heterocycles. The van der Waals surface area contributed by atoms with Gasteiger partial charge in [-0.3, -0.25) is 0 Å². The fourth-order valence-electron chi connectivity index (χ4n) is 2.44. The Morgan fingerprint density at radius 1 is 1.19 bits per heavy atom. The zero-order valence-electron chi connectivity index (χ0n) is 14.8. The van der Waals surface area contributed by atoms with E-state index in [0.29, 0.717) is 30.5 Å². The van der Waals surface area contributed by atoms with Crippen LogP contribution in [0.2, 0.25) is 0 Å². The molecule has 1 N–H and O–H groups in total. The summed E-state index contributed by atoms with van der Waals surface area (Å²) in [5.74, 6) is 1.67. The third-order valence-corrected chi connectivity index (χ3v) is 3.73. The highest BCUT2D eigenvalue weighted by atomic mass is 16.5. The van der Waals surface area contributed by atoms with E-state index in [-0.39, 0.29) is 0 Å². The number of nitrogens with one attached hydrogen (secondary N) is 1. The van der Waals surface area contributed by atoms with Crippen molar-refractivity contribution < 1.29 is 9.15 Å². The number of hydrogen-bond donors (Lipinski definition) is 1. The quantitative estimate of drug-likeness (QED) is 0.684. The van der Waals surface area contributed by atoms with Crippen molar-refractivity contribution in [1.29, 1.82) is 5.26 Å². The second-order valence-electron chi connectivity index (χ2n) is 5.90. The van der Waals surface area contributed by atoms with Crippen LogP contribution in [-0.4, -0.2) is 16.8 Å². The summed E-state index contributed by atoms with van der Waals surface area (Å²) < 4.78 is 11.5. The van der Waals surface area contributed by atoms with E-state index in [1.54, 1.807) is 18.2 Å². The first-order chi connectivity index (χ1) is 12.7. The third-order valence-electron chi connectivity index (χ3n) is 3.73. The lowest BCUT2D eigenvalue weighted by Gasteiger charge is -2.12. The van der Waals surface area contributed by atoms with Gasteiger partial charge in [-0.05, 0) is 49.2 Å². The molecule has 26 heavy (non-hydrogen) atoms. The van der Waals surface area contributed by atoms with Gasteiger partial charge >= 0.3 is 0 Å². The molecule has 0 atom stereocenters. The number of aromatic nitrogens is 2. The van der Waals surface area contributed by atoms with Crippen molar-refractivity contribution in [2.75, 3.05) is 11.9 Å². The van der Waals surface area contributed by atoms with E-state index in [1.807, 2.05) is 31.2 Å². The normalized spacial score (nSPS) is 10.3. The van der Waals surface area contributed by atoms with Crippen molar-refractivity contribution in [3.05, 3.63) is 59.5 Å². The smallest absolute Gasteiger partial charge is 0.247 e. The summed E-state index contributed by atoms with van der Waals surface area (Å²) in [6, 6.07) is 15.2. The van der Waals surface area contributed by atoms with Crippen molar-refractivity contribution in [1.82, 2.24) is 10.2 Å². The topological polar surface area (TPSA) is 84.0 Å². The highest BCUT2D eigenvalue weighted by Crippen LogP contribution is 2.27. The van der Waals surface area contributed by atoms with Gasteiger partial charge in [0.2, 0.25) is 11.8 Å². The van der Waals surface area contributed by atoms with Crippen LogP contribution in [-0.2, 0) is 6.54 Å². The summed E-state index contributed by atoms with van der Waals surface area (Å²) in [4.78, 5) is 0. The Morgan fingerprint density at radius 3 is 2.88 bits per heavy atom. The van der Waals surface area contributed by atoms with Crippen LogP contribution >= 0.6 is 0 Å². The van der Waals surface area contributed by atoms with Crippen molar-refractivity contribution in [3.63, 3.8) is 0 Å². The van der Waals surface area contributed by atoms with Crippen LogP contribution in [0.4, 0.5) is 5.69 Å². The molecule has 0 bridgehead atoms. The first-order valence-corrected chi connectivity index (χ1v) is 8.50. The van der Waals surface area contributed by atoms with Crippen LogP contribution in [0, 0.1) is 18.3 Å². The van der Waals surface area contributed by atoms with Crippen molar-refractivity contribution >= 4 is 5.69 Å². The van der Waals surface area contributed by atoms with Gasteiger partial charge in [-0.1, -0.05) is 19.1 Å². The largest absolute Gasteiger partial charge is 0.491 e. The van der Waals surface area contributed by atoms with E-state index in [0.717, 1.165) is 29.0 Å². The Hall–Kier alpha value is -3.33. The number of nitriles is 1. The van der Waals surface area contributed by atoms with Gasteiger partial charge in [-0.15, -0.1) is 10.2 Å². The fourth-order valence-corrected chi connectivity index (χ4v) is 2.44. The fraction of sp³-hybridized carbons (Fsp3) is 0.250. The number of rotatable bonds is 7. The molecular weight excluding hydrogens is 328 g/mol. The summed E-state index contributed by atoms with van der Waals surface area (Å²) in [7, 11) is 0. The van der Waals surface area contributed by atoms with E-state index in [2.05, 4.69) is 28.5 Å². The van der Waals surface area contributed by atoms with Crippen molar-refractivity contribution in [2.45, 2.75) is 26.8 Å². The minimum atomic E-state index is 0.385. The van der Waals surface area contributed by atoms with Crippen LogP contribution in [0.1, 0.15) is 30.4 Å². The molecule has 0 saturated heterocycles. The Labute approximate surface area is 152 Å². The predicted octanol–water partition coefficient (Wildman–Crippen LogP) is 4.32. The Balaban J connectivity index is 1.71. The van der Waals surface area contributed by atoms with Crippen molar-refractivity contribution in [2.24, 2.45) is 0 Å². The number of ether oxygens (including phenoxy) is 1. The molecule has 6 nitrogen and oxygen atoms in total. The van der Waals surface area contributed by atoms with Gasteiger partial charge in [-0.25, -0.2) is 0 Å². The third kappa shape index (κ3) is 4.19. The highest BCUT2D eigenvalue weighted by molar-refractivity contribution is 5.58. The lowest BCUT2D eigenvalue weighted by molar-refractivity contribution is 0.318. The molecule has 0 amide bonds. The summed E-state index contributed by atoms with van der Waals surface area (Å²) in [6.45, 7) is 5.15. The first-order valence-electron chi connectivity index (χ1n) is 8.50. The van der Waals surface area contributed by atoms with Gasteiger partial charge in [0.1, 0.15) is 5.75 Å². The maximum Gasteiger partial charge on any atom is 0.247 e. The van der Waals surface area contributed by atoms with Gasteiger partial charge in [-0.2, -0.15) is 5.26 Å². The standard InChI is InChI=1S/C20H20N4O2/c1-3-9-25-18-10-14(2)7-8-17(18)22-13-19-23-24-20(26-19)16-6-4-5-15(11-16)12-21/h4-8,10-11,22H,3,9,13H2,1-2H3. The van der Waals surface area contributed by atoms with Gasteiger partial charge < -0.3 is 14.5 Å². The maximum atomic E-state index is 8.99. The zero-order chi connectivity index (χ0) is 18.4. The Morgan fingerprint density at radius 2 is 2.08 bits per heavy atom. The van der Waals surface area contributed by atoms with Crippen LogP contribution in [0.25, 0.3) is 11.5 Å². The molecule has 0 aliphatic rings. The molecule has 3 rings (SSSR count). The zero-order valence-corrected chi connectivity index (χ0v) is 14.8. The summed E-state index contributed by atoms with van der Waals surface area (Å²) in [5.41, 5.74) is 3.30. The van der Waals surface area contributed by atoms with Gasteiger partial charge in [0.05, 0.1) is 30.5 Å². The summed E-state index contributed by atoms with van der Waals surface area (Å²) >= 11 is 0. The first kappa shape index (κ1) is 17.5. The molecular formula is C20H20N4O2. The average Bonchev–Trinajstić information content (AvgIpc) is 3.14. The average molecular weight is 348 g/mol. The summed E-state index contributed by atoms with van der Waals surface area (Å²) in [5, 5.41) is 20.4. The predicted molar refractivity (Wildman–Crippen MR) is 98.7 cm³/mol. The van der Waals surface area contributed by atoms with E-state index >= 15 is 0 Å². The second-order valence-corrected chi connectivity index (χ2v) is 5.90. The van der Waals surface area contributed by atoms with Crippen LogP contribution in [0.5, 0.6) is 5.75 Å². The lowest BCUT2D eigenvalue weighted by atomic mass is 10.1. The molecule has 132 valence electrons. The highest BCUT2D eigenvalue weighted by Gasteiger charge is 2.10. The van der Waals surface area contributed by atoms with E-state index in [1.165, 1.54) is 0 Å². The molecule has 0 saturated carbocycles. The molecule has 0 spiro atoms. The van der Waals surface area contributed by atoms with Gasteiger partial charge in [0.15, 0.2) is 0 Å². The minimum Gasteiger partial charge on any atom is -0.491 e. The van der Waals surface area contributed by atoms with E-state index < -0.39 is 0 Å². The molecule has 3 aromatic rings. The molecule has 0 fully saturated rings. The maximum absolute atomic E-state index is 8.99. The number of aryl methyl sites for hydroxylation is 1. The molecule has 0 unspecified atom stereocenters. The van der Waals surface area contributed by atoms with Crippen LogP contribution in [0.3, 0.4) is 0 Å². The number of benzene rings is 2. The monoisotopic (exact) mass is 348 g/mol. The van der Waals surface area contributed by atoms with E-state index in [4.69, 9.17) is 14.4 Å². The van der Waals surface area contributed by atoms with Crippen LogP contribution < -0.4 is 10.1 Å². The van der Waals surface area contributed by atoms with Crippen LogP contribution in [0.15, 0.2) is 46.9 Å². The number of anilines is 1. The SMILES string of the molecule is CCCOc1cc(C)ccc1NCc1nnc(-c2cccc(C#N)c2)o1. The number of hydrogen-bond acceptors (Lipinski definition) is 6.